The number of anilines is 2. The zero-order valence-electron chi connectivity index (χ0n) is 16.6. The van der Waals surface area contributed by atoms with E-state index in [4.69, 9.17) is 16.3 Å². The van der Waals surface area contributed by atoms with Gasteiger partial charge in [-0.15, -0.1) is 0 Å². The third-order valence-corrected chi connectivity index (χ3v) is 4.51. The first kappa shape index (κ1) is 22.5. The monoisotopic (exact) mass is 449 g/mol. The molecule has 3 rings (SSSR count). The van der Waals surface area contributed by atoms with E-state index >= 15 is 0 Å². The van der Waals surface area contributed by atoms with Gasteiger partial charge in [-0.3, -0.25) is 9.59 Å². The van der Waals surface area contributed by atoms with Crippen LogP contribution in [0.4, 0.5) is 15.8 Å². The minimum Gasteiger partial charge on any atom is -0.484 e. The molecule has 0 aliphatic rings. The summed E-state index contributed by atoms with van der Waals surface area (Å²) in [6.45, 7) is -0.240. The SMILES string of the molecule is N#CC(=Cc1ccc(OCC(=O)Nc2ccc(F)cc2)cc1)C(=O)Nc1ccccc1Cl. The van der Waals surface area contributed by atoms with E-state index in [-0.39, 0.29) is 12.2 Å². The maximum Gasteiger partial charge on any atom is 0.266 e. The molecule has 0 unspecified atom stereocenters. The average Bonchev–Trinajstić information content (AvgIpc) is 2.80. The normalized spacial score (nSPS) is 10.7. The highest BCUT2D eigenvalue weighted by Crippen LogP contribution is 2.21. The third-order valence-electron chi connectivity index (χ3n) is 4.18. The van der Waals surface area contributed by atoms with Crippen molar-refractivity contribution in [3.63, 3.8) is 0 Å². The number of nitrogens with zero attached hydrogens (tertiary/aromatic N) is 1. The molecule has 2 amide bonds. The molecular formula is C24H17ClFN3O3. The molecule has 0 spiro atoms. The standard InChI is InChI=1S/C24H17ClFN3O3/c25-21-3-1-2-4-22(21)29-24(31)17(14-27)13-16-5-11-20(12-6-16)32-15-23(30)28-19-9-7-18(26)8-10-19/h1-13H,15H2,(H,28,30)(H,29,31). The zero-order chi connectivity index (χ0) is 22.9. The second-order valence-corrected chi connectivity index (χ2v) is 6.92. The van der Waals surface area contributed by atoms with Crippen molar-refractivity contribution < 1.29 is 18.7 Å². The lowest BCUT2D eigenvalue weighted by atomic mass is 10.1. The number of rotatable bonds is 7. The van der Waals surface area contributed by atoms with Gasteiger partial charge in [0.05, 0.1) is 10.7 Å². The van der Waals surface area contributed by atoms with Gasteiger partial charge in [0.2, 0.25) is 0 Å². The fourth-order valence-electron chi connectivity index (χ4n) is 2.61. The summed E-state index contributed by atoms with van der Waals surface area (Å²) < 4.78 is 18.3. The van der Waals surface area contributed by atoms with Gasteiger partial charge in [-0.05, 0) is 60.2 Å². The quantitative estimate of drug-likeness (QED) is 0.390. The summed E-state index contributed by atoms with van der Waals surface area (Å²) in [5.74, 6) is -0.952. The summed E-state index contributed by atoms with van der Waals surface area (Å²) >= 11 is 6.02. The highest BCUT2D eigenvalue weighted by atomic mass is 35.5. The number of hydrogen-bond donors (Lipinski definition) is 2. The number of amides is 2. The Morgan fingerprint density at radius 3 is 2.34 bits per heavy atom. The molecule has 0 heterocycles. The zero-order valence-corrected chi connectivity index (χ0v) is 17.4. The Labute approximate surface area is 188 Å². The first-order valence-electron chi connectivity index (χ1n) is 9.40. The second kappa shape index (κ2) is 10.8. The van der Waals surface area contributed by atoms with Crippen LogP contribution in [0.25, 0.3) is 6.08 Å². The Hall–Kier alpha value is -4.15. The highest BCUT2D eigenvalue weighted by molar-refractivity contribution is 6.34. The molecule has 32 heavy (non-hydrogen) atoms. The molecule has 0 aromatic heterocycles. The Kier molecular flexibility index (Phi) is 7.57. The molecule has 8 heteroatoms. The van der Waals surface area contributed by atoms with Crippen LogP contribution in [-0.2, 0) is 9.59 Å². The highest BCUT2D eigenvalue weighted by Gasteiger charge is 2.11. The Bertz CT molecular complexity index is 1190. The lowest BCUT2D eigenvalue weighted by Gasteiger charge is -2.08. The molecule has 0 aliphatic heterocycles. The molecule has 160 valence electrons. The van der Waals surface area contributed by atoms with Crippen molar-refractivity contribution in [2.45, 2.75) is 0 Å². The summed E-state index contributed by atoms with van der Waals surface area (Å²) in [6.07, 6.45) is 1.43. The first-order valence-corrected chi connectivity index (χ1v) is 9.78. The maximum absolute atomic E-state index is 12.9. The van der Waals surface area contributed by atoms with Crippen LogP contribution < -0.4 is 15.4 Å². The summed E-state index contributed by atoms with van der Waals surface area (Å²) in [7, 11) is 0. The number of ether oxygens (including phenoxy) is 1. The van der Waals surface area contributed by atoms with Crippen molar-refractivity contribution >= 4 is 40.9 Å². The van der Waals surface area contributed by atoms with E-state index in [9.17, 15) is 19.2 Å². The van der Waals surface area contributed by atoms with E-state index in [0.717, 1.165) is 0 Å². The van der Waals surface area contributed by atoms with Crippen LogP contribution >= 0.6 is 11.6 Å². The molecule has 3 aromatic rings. The Morgan fingerprint density at radius 1 is 1.00 bits per heavy atom. The third kappa shape index (κ3) is 6.42. The van der Waals surface area contributed by atoms with E-state index in [1.807, 2.05) is 6.07 Å². The van der Waals surface area contributed by atoms with Crippen molar-refractivity contribution in [3.05, 3.63) is 94.8 Å². The summed E-state index contributed by atoms with van der Waals surface area (Å²) in [5.41, 5.74) is 1.36. The number of halogens is 2. The van der Waals surface area contributed by atoms with E-state index in [1.165, 1.54) is 30.3 Å². The minimum atomic E-state index is -0.585. The molecule has 0 fully saturated rings. The molecule has 0 saturated carbocycles. The fourth-order valence-corrected chi connectivity index (χ4v) is 2.79. The van der Waals surface area contributed by atoms with Crippen molar-refractivity contribution in [1.29, 1.82) is 5.26 Å². The number of para-hydroxylation sites is 1. The number of carbonyl (C=O) groups is 2. The topological polar surface area (TPSA) is 91.2 Å². The summed E-state index contributed by atoms with van der Waals surface area (Å²) in [4.78, 5) is 24.3. The first-order chi connectivity index (χ1) is 15.4. The van der Waals surface area contributed by atoms with Gasteiger partial charge in [0.25, 0.3) is 11.8 Å². The predicted octanol–water partition coefficient (Wildman–Crippen LogP) is 5.04. The molecule has 3 aromatic carbocycles. The minimum absolute atomic E-state index is 0.0998. The number of carbonyl (C=O) groups excluding carboxylic acids is 2. The van der Waals surface area contributed by atoms with Crippen molar-refractivity contribution in [3.8, 4) is 11.8 Å². The van der Waals surface area contributed by atoms with E-state index in [1.54, 1.807) is 48.5 Å². The van der Waals surface area contributed by atoms with Crippen molar-refractivity contribution in [2.75, 3.05) is 17.2 Å². The number of hydrogen-bond acceptors (Lipinski definition) is 4. The van der Waals surface area contributed by atoms with Gasteiger partial charge in [0, 0.05) is 5.69 Å². The van der Waals surface area contributed by atoms with Crippen molar-refractivity contribution in [2.24, 2.45) is 0 Å². The summed E-state index contributed by atoms with van der Waals surface area (Å²) in [5, 5.41) is 14.9. The van der Waals surface area contributed by atoms with Crippen LogP contribution in [0.5, 0.6) is 5.75 Å². The largest absolute Gasteiger partial charge is 0.484 e. The van der Waals surface area contributed by atoms with Gasteiger partial charge in [0.1, 0.15) is 23.2 Å². The van der Waals surface area contributed by atoms with E-state index in [2.05, 4.69) is 10.6 Å². The van der Waals surface area contributed by atoms with Crippen LogP contribution in [0.1, 0.15) is 5.56 Å². The van der Waals surface area contributed by atoms with Crippen LogP contribution in [0.15, 0.2) is 78.4 Å². The van der Waals surface area contributed by atoms with Gasteiger partial charge >= 0.3 is 0 Å². The molecule has 0 bridgehead atoms. The number of nitriles is 1. The van der Waals surface area contributed by atoms with Gasteiger partial charge < -0.3 is 15.4 Å². The molecule has 2 N–H and O–H groups in total. The van der Waals surface area contributed by atoms with E-state index < -0.39 is 17.6 Å². The van der Waals surface area contributed by atoms with Gasteiger partial charge in [0.15, 0.2) is 6.61 Å². The smallest absolute Gasteiger partial charge is 0.266 e. The predicted molar refractivity (Wildman–Crippen MR) is 121 cm³/mol. The molecule has 0 radical (unpaired) electrons. The van der Waals surface area contributed by atoms with Crippen LogP contribution in [0, 0.1) is 17.1 Å². The van der Waals surface area contributed by atoms with E-state index in [0.29, 0.717) is 27.7 Å². The molecular weight excluding hydrogens is 433 g/mol. The van der Waals surface area contributed by atoms with Gasteiger partial charge in [-0.25, -0.2) is 4.39 Å². The Morgan fingerprint density at radius 2 is 1.69 bits per heavy atom. The Balaban J connectivity index is 1.57. The fraction of sp³-hybridized carbons (Fsp3) is 0.0417. The molecule has 0 saturated heterocycles. The van der Waals surface area contributed by atoms with Crippen molar-refractivity contribution in [1.82, 2.24) is 0 Å². The summed E-state index contributed by atoms with van der Waals surface area (Å²) in [6, 6.07) is 20.5. The van der Waals surface area contributed by atoms with Gasteiger partial charge in [-0.2, -0.15) is 5.26 Å². The lowest BCUT2D eigenvalue weighted by Crippen LogP contribution is -2.20. The molecule has 0 aliphatic carbocycles. The second-order valence-electron chi connectivity index (χ2n) is 6.52. The van der Waals surface area contributed by atoms with Gasteiger partial charge in [-0.1, -0.05) is 35.9 Å². The number of nitrogens with one attached hydrogen (secondary N) is 2. The number of benzene rings is 3. The van der Waals surface area contributed by atoms with Crippen LogP contribution in [-0.4, -0.2) is 18.4 Å². The van der Waals surface area contributed by atoms with Crippen LogP contribution in [0.2, 0.25) is 5.02 Å². The maximum atomic E-state index is 12.9. The van der Waals surface area contributed by atoms with Crippen LogP contribution in [0.3, 0.4) is 0 Å². The molecule has 0 atom stereocenters. The molecule has 6 nitrogen and oxygen atoms in total. The average molecular weight is 450 g/mol. The lowest BCUT2D eigenvalue weighted by molar-refractivity contribution is -0.118.